The van der Waals surface area contributed by atoms with Gasteiger partial charge in [-0.1, -0.05) is 6.07 Å². The number of pyridine rings is 1. The van der Waals surface area contributed by atoms with Gasteiger partial charge >= 0.3 is 6.09 Å². The highest BCUT2D eigenvalue weighted by molar-refractivity contribution is 5.68. The number of amides is 1. The molecule has 2 heterocycles. The van der Waals surface area contributed by atoms with Crippen LogP contribution in [-0.2, 0) is 17.8 Å². The topological polar surface area (TPSA) is 51.5 Å². The third-order valence-corrected chi connectivity index (χ3v) is 2.74. The van der Waals surface area contributed by atoms with E-state index in [1.54, 1.807) is 15.5 Å². The highest BCUT2D eigenvalue weighted by Gasteiger charge is 2.25. The molecule has 1 amide bonds. The number of carbonyl (C=O) groups excluding carboxylic acids is 1. The molecule has 1 aromatic rings. The second kappa shape index (κ2) is 4.48. The predicted octanol–water partition coefficient (Wildman–Crippen LogP) is 1.60. The van der Waals surface area contributed by atoms with E-state index >= 15 is 0 Å². The smallest absolute Gasteiger partial charge is 0.410 e. The van der Waals surface area contributed by atoms with Crippen LogP contribution in [0.1, 0.15) is 26.5 Å². The predicted molar refractivity (Wildman–Crippen MR) is 67.3 cm³/mol. The first-order valence-electron chi connectivity index (χ1n) is 6.03. The minimum absolute atomic E-state index is 0.0173. The van der Waals surface area contributed by atoms with Crippen LogP contribution in [0.25, 0.3) is 0 Å². The van der Waals surface area contributed by atoms with Crippen LogP contribution >= 0.6 is 0 Å². The summed E-state index contributed by atoms with van der Waals surface area (Å²) in [5.74, 6) is 0. The molecule has 98 valence electrons. The van der Waals surface area contributed by atoms with Crippen molar-refractivity contribution in [3.05, 3.63) is 34.2 Å². The summed E-state index contributed by atoms with van der Waals surface area (Å²) in [6.07, 6.45) is -0.329. The van der Waals surface area contributed by atoms with Gasteiger partial charge in [0, 0.05) is 24.8 Å². The van der Waals surface area contributed by atoms with Gasteiger partial charge in [0.05, 0.1) is 6.54 Å². The van der Waals surface area contributed by atoms with E-state index < -0.39 is 5.60 Å². The summed E-state index contributed by atoms with van der Waals surface area (Å²) in [4.78, 5) is 25.1. The molecule has 0 N–H and O–H groups in total. The first-order valence-corrected chi connectivity index (χ1v) is 6.03. The molecule has 0 radical (unpaired) electrons. The fraction of sp³-hybridized carbons (Fsp3) is 0.538. The van der Waals surface area contributed by atoms with E-state index in [1.165, 1.54) is 6.07 Å². The van der Waals surface area contributed by atoms with Gasteiger partial charge in [-0.3, -0.25) is 4.79 Å². The van der Waals surface area contributed by atoms with Gasteiger partial charge in [-0.25, -0.2) is 4.79 Å². The van der Waals surface area contributed by atoms with Crippen molar-refractivity contribution in [3.8, 4) is 0 Å². The van der Waals surface area contributed by atoms with Gasteiger partial charge in [-0.15, -0.1) is 0 Å². The Bertz CT molecular complexity index is 514. The summed E-state index contributed by atoms with van der Waals surface area (Å²) in [7, 11) is 0. The average Bonchev–Trinajstić information content (AvgIpc) is 2.26. The summed E-state index contributed by atoms with van der Waals surface area (Å²) in [6.45, 7) is 6.97. The van der Waals surface area contributed by atoms with Crippen molar-refractivity contribution in [2.24, 2.45) is 0 Å². The molecule has 18 heavy (non-hydrogen) atoms. The standard InChI is InChI=1S/C13H18N2O3/c1-13(2,3)18-12(17)14-7-8-15-10(9-14)5-4-6-11(15)16/h4-6H,7-9H2,1-3H3. The number of hydrogen-bond acceptors (Lipinski definition) is 3. The summed E-state index contributed by atoms with van der Waals surface area (Å²) in [5, 5.41) is 0. The van der Waals surface area contributed by atoms with Gasteiger partial charge in [0.1, 0.15) is 5.60 Å². The molecule has 0 unspecified atom stereocenters. The van der Waals surface area contributed by atoms with Crippen molar-refractivity contribution in [3.63, 3.8) is 0 Å². The molecule has 1 aliphatic rings. The van der Waals surface area contributed by atoms with E-state index in [9.17, 15) is 9.59 Å². The van der Waals surface area contributed by atoms with Crippen LogP contribution in [0.5, 0.6) is 0 Å². The van der Waals surface area contributed by atoms with Crippen molar-refractivity contribution < 1.29 is 9.53 Å². The fourth-order valence-corrected chi connectivity index (χ4v) is 1.93. The third kappa shape index (κ3) is 2.72. The normalized spacial score (nSPS) is 15.2. The van der Waals surface area contributed by atoms with Crippen LogP contribution in [0.4, 0.5) is 4.79 Å². The van der Waals surface area contributed by atoms with E-state index in [-0.39, 0.29) is 11.7 Å². The van der Waals surface area contributed by atoms with Gasteiger partial charge in [-0.05, 0) is 26.8 Å². The third-order valence-electron chi connectivity index (χ3n) is 2.74. The minimum Gasteiger partial charge on any atom is -0.444 e. The van der Waals surface area contributed by atoms with Crippen molar-refractivity contribution in [1.29, 1.82) is 0 Å². The number of rotatable bonds is 0. The number of hydrogen-bond donors (Lipinski definition) is 0. The lowest BCUT2D eigenvalue weighted by Crippen LogP contribution is -2.44. The van der Waals surface area contributed by atoms with E-state index in [0.29, 0.717) is 19.6 Å². The van der Waals surface area contributed by atoms with Crippen LogP contribution < -0.4 is 5.56 Å². The van der Waals surface area contributed by atoms with Crippen molar-refractivity contribution in [2.75, 3.05) is 6.54 Å². The molecule has 0 aliphatic carbocycles. The second-order valence-electron chi connectivity index (χ2n) is 5.41. The summed E-state index contributed by atoms with van der Waals surface area (Å²) in [5.41, 5.74) is 0.334. The van der Waals surface area contributed by atoms with Gasteiger partial charge < -0.3 is 14.2 Å². The summed E-state index contributed by atoms with van der Waals surface area (Å²) in [6, 6.07) is 5.11. The Morgan fingerprint density at radius 1 is 1.28 bits per heavy atom. The van der Waals surface area contributed by atoms with Gasteiger partial charge in [-0.2, -0.15) is 0 Å². The van der Waals surface area contributed by atoms with Gasteiger partial charge in [0.15, 0.2) is 0 Å². The minimum atomic E-state index is -0.495. The highest BCUT2D eigenvalue weighted by Crippen LogP contribution is 2.15. The van der Waals surface area contributed by atoms with Crippen LogP contribution in [0.3, 0.4) is 0 Å². The molecular formula is C13H18N2O3. The number of fused-ring (bicyclic) bond motifs is 1. The van der Waals surface area contributed by atoms with Crippen LogP contribution in [0.15, 0.2) is 23.0 Å². The molecule has 2 rings (SSSR count). The van der Waals surface area contributed by atoms with E-state index in [2.05, 4.69) is 0 Å². The lowest BCUT2D eigenvalue weighted by atomic mass is 10.2. The molecule has 0 saturated carbocycles. The zero-order valence-corrected chi connectivity index (χ0v) is 11.0. The van der Waals surface area contributed by atoms with E-state index in [1.807, 2.05) is 26.8 Å². The lowest BCUT2D eigenvalue weighted by Gasteiger charge is -2.31. The first-order chi connectivity index (χ1) is 8.37. The van der Waals surface area contributed by atoms with Crippen molar-refractivity contribution >= 4 is 6.09 Å². The molecule has 0 bridgehead atoms. The molecule has 1 aliphatic heterocycles. The van der Waals surface area contributed by atoms with Crippen LogP contribution in [-0.4, -0.2) is 27.7 Å². The molecule has 0 fully saturated rings. The summed E-state index contributed by atoms with van der Waals surface area (Å²) < 4.78 is 7.02. The molecular weight excluding hydrogens is 232 g/mol. The van der Waals surface area contributed by atoms with Crippen LogP contribution in [0.2, 0.25) is 0 Å². The molecule has 5 heteroatoms. The zero-order chi connectivity index (χ0) is 13.3. The Labute approximate surface area is 106 Å². The average molecular weight is 250 g/mol. The monoisotopic (exact) mass is 250 g/mol. The zero-order valence-electron chi connectivity index (χ0n) is 11.0. The molecule has 0 atom stereocenters. The van der Waals surface area contributed by atoms with E-state index in [4.69, 9.17) is 4.74 Å². The van der Waals surface area contributed by atoms with E-state index in [0.717, 1.165) is 5.69 Å². The number of nitrogens with zero attached hydrogens (tertiary/aromatic N) is 2. The van der Waals surface area contributed by atoms with Crippen molar-refractivity contribution in [2.45, 2.75) is 39.5 Å². The Balaban J connectivity index is 2.13. The lowest BCUT2D eigenvalue weighted by molar-refractivity contribution is 0.0196. The van der Waals surface area contributed by atoms with Crippen LogP contribution in [0, 0.1) is 0 Å². The Morgan fingerprint density at radius 2 is 2.00 bits per heavy atom. The SMILES string of the molecule is CC(C)(C)OC(=O)N1CCn2c(cccc2=O)C1. The fourth-order valence-electron chi connectivity index (χ4n) is 1.93. The molecule has 0 aromatic carbocycles. The Morgan fingerprint density at radius 3 is 2.67 bits per heavy atom. The maximum Gasteiger partial charge on any atom is 0.410 e. The number of aromatic nitrogens is 1. The maximum absolute atomic E-state index is 11.9. The Hall–Kier alpha value is -1.78. The first kappa shape index (κ1) is 12.7. The molecule has 0 saturated heterocycles. The number of carbonyl (C=O) groups is 1. The quantitative estimate of drug-likeness (QED) is 0.702. The molecule has 1 aromatic heterocycles. The summed E-state index contributed by atoms with van der Waals surface area (Å²) >= 11 is 0. The molecule has 0 spiro atoms. The highest BCUT2D eigenvalue weighted by atomic mass is 16.6. The maximum atomic E-state index is 11.9. The molecule has 5 nitrogen and oxygen atoms in total. The number of ether oxygens (including phenoxy) is 1. The van der Waals surface area contributed by atoms with Gasteiger partial charge in [0.25, 0.3) is 5.56 Å². The second-order valence-corrected chi connectivity index (χ2v) is 5.41. The van der Waals surface area contributed by atoms with Crippen molar-refractivity contribution in [1.82, 2.24) is 9.47 Å². The van der Waals surface area contributed by atoms with Gasteiger partial charge in [0.2, 0.25) is 0 Å². The largest absolute Gasteiger partial charge is 0.444 e. The Kier molecular flexibility index (Phi) is 3.15.